The summed E-state index contributed by atoms with van der Waals surface area (Å²) in [4.78, 5) is 4.62. The molecule has 1 saturated carbocycles. The standard InChI is InChI=1S/C21H34FN3O2.HI/c1-4-23-20(24-15-17-8-9-19(26-3)18(22)14-17)25-16-21(10-6-7-11-21)12-13-27-5-2;/h8-9,14H,4-7,10-13,15-16H2,1-3H3,(H2,23,24,25);1H. The lowest BCUT2D eigenvalue weighted by atomic mass is 9.83. The SMILES string of the molecule is CCNC(=NCc1ccc(OC)c(F)c1)NCC1(CCOCC)CCCC1.I. The molecule has 7 heteroatoms. The van der Waals surface area contributed by atoms with Gasteiger partial charge in [0.25, 0.3) is 0 Å². The minimum Gasteiger partial charge on any atom is -0.494 e. The zero-order valence-corrected chi connectivity index (χ0v) is 19.7. The van der Waals surface area contributed by atoms with Crippen LogP contribution in [0.2, 0.25) is 0 Å². The molecule has 1 aromatic rings. The van der Waals surface area contributed by atoms with Gasteiger partial charge in [-0.15, -0.1) is 24.0 Å². The van der Waals surface area contributed by atoms with Crippen LogP contribution < -0.4 is 15.4 Å². The second-order valence-corrected chi connectivity index (χ2v) is 7.17. The molecule has 0 amide bonds. The van der Waals surface area contributed by atoms with Crippen molar-refractivity contribution in [3.63, 3.8) is 0 Å². The van der Waals surface area contributed by atoms with Crippen molar-refractivity contribution in [1.82, 2.24) is 10.6 Å². The lowest BCUT2D eigenvalue weighted by Crippen LogP contribution is -2.43. The molecular weight excluding hydrogens is 472 g/mol. The highest BCUT2D eigenvalue weighted by Crippen LogP contribution is 2.40. The van der Waals surface area contributed by atoms with E-state index in [-0.39, 0.29) is 41.0 Å². The number of benzene rings is 1. The molecule has 0 atom stereocenters. The van der Waals surface area contributed by atoms with Crippen LogP contribution in [0.15, 0.2) is 23.2 Å². The van der Waals surface area contributed by atoms with Gasteiger partial charge in [-0.2, -0.15) is 0 Å². The number of nitrogens with one attached hydrogen (secondary N) is 2. The number of nitrogens with zero attached hydrogens (tertiary/aromatic N) is 1. The summed E-state index contributed by atoms with van der Waals surface area (Å²) in [5, 5.41) is 6.79. The predicted octanol–water partition coefficient (Wildman–Crippen LogP) is 4.49. The molecule has 0 spiro atoms. The molecule has 0 aromatic heterocycles. The second-order valence-electron chi connectivity index (χ2n) is 7.17. The average molecular weight is 507 g/mol. The van der Waals surface area contributed by atoms with Crippen LogP contribution in [0.25, 0.3) is 0 Å². The molecule has 0 bridgehead atoms. The summed E-state index contributed by atoms with van der Waals surface area (Å²) in [6.07, 6.45) is 6.11. The Hall–Kier alpha value is -1.09. The number of halogens is 2. The van der Waals surface area contributed by atoms with Crippen LogP contribution in [0.4, 0.5) is 4.39 Å². The van der Waals surface area contributed by atoms with Crippen LogP contribution in [0.5, 0.6) is 5.75 Å². The quantitative estimate of drug-likeness (QED) is 0.212. The fourth-order valence-corrected chi connectivity index (χ4v) is 3.66. The van der Waals surface area contributed by atoms with Crippen molar-refractivity contribution in [2.24, 2.45) is 10.4 Å². The van der Waals surface area contributed by atoms with Crippen molar-refractivity contribution in [3.05, 3.63) is 29.6 Å². The predicted molar refractivity (Wildman–Crippen MR) is 123 cm³/mol. The fourth-order valence-electron chi connectivity index (χ4n) is 3.66. The van der Waals surface area contributed by atoms with E-state index in [1.807, 2.05) is 19.9 Å². The van der Waals surface area contributed by atoms with Gasteiger partial charge in [0.05, 0.1) is 13.7 Å². The van der Waals surface area contributed by atoms with Gasteiger partial charge >= 0.3 is 0 Å². The van der Waals surface area contributed by atoms with E-state index in [2.05, 4.69) is 15.6 Å². The molecule has 28 heavy (non-hydrogen) atoms. The molecule has 1 aliphatic rings. The lowest BCUT2D eigenvalue weighted by molar-refractivity contribution is 0.105. The highest BCUT2D eigenvalue weighted by Gasteiger charge is 2.33. The molecule has 0 unspecified atom stereocenters. The first-order valence-corrected chi connectivity index (χ1v) is 10.0. The third-order valence-electron chi connectivity index (χ3n) is 5.26. The van der Waals surface area contributed by atoms with Crippen molar-refractivity contribution >= 4 is 29.9 Å². The van der Waals surface area contributed by atoms with Gasteiger partial charge in [-0.25, -0.2) is 9.38 Å². The van der Waals surface area contributed by atoms with Crippen LogP contribution in [-0.4, -0.2) is 39.4 Å². The number of hydrogen-bond donors (Lipinski definition) is 2. The number of hydrogen-bond acceptors (Lipinski definition) is 3. The first-order chi connectivity index (χ1) is 13.1. The van der Waals surface area contributed by atoms with Gasteiger partial charge in [-0.05, 0) is 56.2 Å². The highest BCUT2D eigenvalue weighted by molar-refractivity contribution is 14.0. The Morgan fingerprint density at radius 3 is 2.57 bits per heavy atom. The van der Waals surface area contributed by atoms with Gasteiger partial charge in [0, 0.05) is 26.3 Å². The van der Waals surface area contributed by atoms with Crippen LogP contribution in [0, 0.1) is 11.2 Å². The third kappa shape index (κ3) is 7.73. The summed E-state index contributed by atoms with van der Waals surface area (Å²) in [5.74, 6) is 0.672. The van der Waals surface area contributed by atoms with E-state index in [4.69, 9.17) is 9.47 Å². The van der Waals surface area contributed by atoms with E-state index >= 15 is 0 Å². The Morgan fingerprint density at radius 2 is 1.96 bits per heavy atom. The molecule has 1 aliphatic carbocycles. The number of guanidine groups is 1. The van der Waals surface area contributed by atoms with Gasteiger partial charge in [0.15, 0.2) is 17.5 Å². The molecule has 0 radical (unpaired) electrons. The summed E-state index contributed by atoms with van der Waals surface area (Å²) in [7, 11) is 1.47. The zero-order valence-electron chi connectivity index (χ0n) is 17.4. The topological polar surface area (TPSA) is 54.9 Å². The maximum absolute atomic E-state index is 13.9. The Bertz CT molecular complexity index is 607. The molecule has 1 aromatic carbocycles. The molecule has 160 valence electrons. The summed E-state index contributed by atoms with van der Waals surface area (Å²) >= 11 is 0. The number of methoxy groups -OCH3 is 1. The van der Waals surface area contributed by atoms with Gasteiger partial charge in [-0.1, -0.05) is 18.9 Å². The van der Waals surface area contributed by atoms with E-state index in [0.717, 1.165) is 44.2 Å². The number of rotatable bonds is 10. The number of ether oxygens (including phenoxy) is 2. The highest BCUT2D eigenvalue weighted by atomic mass is 127. The van der Waals surface area contributed by atoms with E-state index in [1.165, 1.54) is 38.9 Å². The van der Waals surface area contributed by atoms with Crippen molar-refractivity contribution in [2.45, 2.75) is 52.5 Å². The van der Waals surface area contributed by atoms with Gasteiger partial charge in [0.1, 0.15) is 0 Å². The first kappa shape index (κ1) is 24.9. The van der Waals surface area contributed by atoms with Crippen LogP contribution in [0.3, 0.4) is 0 Å². The monoisotopic (exact) mass is 507 g/mol. The molecule has 1 fully saturated rings. The molecule has 2 N–H and O–H groups in total. The smallest absolute Gasteiger partial charge is 0.191 e. The van der Waals surface area contributed by atoms with Crippen molar-refractivity contribution in [1.29, 1.82) is 0 Å². The van der Waals surface area contributed by atoms with Crippen LogP contribution in [0.1, 0.15) is 51.5 Å². The van der Waals surface area contributed by atoms with Crippen LogP contribution >= 0.6 is 24.0 Å². The Balaban J connectivity index is 0.00000392. The normalized spacial score (nSPS) is 15.8. The largest absolute Gasteiger partial charge is 0.494 e. The van der Waals surface area contributed by atoms with Crippen molar-refractivity contribution < 1.29 is 13.9 Å². The summed E-state index contributed by atoms with van der Waals surface area (Å²) in [6, 6.07) is 4.96. The molecule has 2 rings (SSSR count). The molecule has 0 saturated heterocycles. The third-order valence-corrected chi connectivity index (χ3v) is 5.26. The van der Waals surface area contributed by atoms with Gasteiger partial charge in [-0.3, -0.25) is 0 Å². The second kappa shape index (κ2) is 13.2. The van der Waals surface area contributed by atoms with Crippen molar-refractivity contribution in [3.8, 4) is 5.75 Å². The fraction of sp³-hybridized carbons (Fsp3) is 0.667. The van der Waals surface area contributed by atoms with E-state index in [0.29, 0.717) is 6.54 Å². The van der Waals surface area contributed by atoms with E-state index in [9.17, 15) is 4.39 Å². The van der Waals surface area contributed by atoms with Crippen LogP contribution in [-0.2, 0) is 11.3 Å². The molecule has 5 nitrogen and oxygen atoms in total. The lowest BCUT2D eigenvalue weighted by Gasteiger charge is -2.30. The first-order valence-electron chi connectivity index (χ1n) is 10.0. The Labute approximate surface area is 185 Å². The minimum atomic E-state index is -0.357. The average Bonchev–Trinajstić information content (AvgIpc) is 3.13. The zero-order chi connectivity index (χ0) is 19.5. The summed E-state index contributed by atoms with van der Waals surface area (Å²) < 4.78 is 24.4. The van der Waals surface area contributed by atoms with E-state index in [1.54, 1.807) is 6.07 Å². The summed E-state index contributed by atoms with van der Waals surface area (Å²) in [6.45, 7) is 7.77. The van der Waals surface area contributed by atoms with Gasteiger partial charge in [0.2, 0.25) is 0 Å². The van der Waals surface area contributed by atoms with Gasteiger partial charge < -0.3 is 20.1 Å². The minimum absolute atomic E-state index is 0. The Kier molecular flexibility index (Phi) is 11.8. The van der Waals surface area contributed by atoms with E-state index < -0.39 is 0 Å². The maximum atomic E-state index is 13.9. The summed E-state index contributed by atoms with van der Waals surface area (Å²) in [5.41, 5.74) is 1.11. The van der Waals surface area contributed by atoms with Crippen molar-refractivity contribution in [2.75, 3.05) is 33.4 Å². The molecular formula is C21H35FIN3O2. The molecule has 0 aliphatic heterocycles. The molecule has 0 heterocycles. The number of aliphatic imine (C=N–C) groups is 1. The maximum Gasteiger partial charge on any atom is 0.191 e. The Morgan fingerprint density at radius 1 is 1.21 bits per heavy atom.